The zero-order valence-electron chi connectivity index (χ0n) is 9.04. The van der Waals surface area contributed by atoms with Gasteiger partial charge in [0.15, 0.2) is 0 Å². The molecule has 4 heteroatoms. The van der Waals surface area contributed by atoms with Gasteiger partial charge in [-0.3, -0.25) is 4.79 Å². The molecule has 0 amide bonds. The molecular formula is C13H11NO2S. The highest BCUT2D eigenvalue weighted by Crippen LogP contribution is 2.18. The molecule has 3 nitrogen and oxygen atoms in total. The average molecular weight is 245 g/mol. The van der Waals surface area contributed by atoms with E-state index in [1.54, 1.807) is 18.3 Å². The number of hydrogen-bond acceptors (Lipinski definition) is 4. The van der Waals surface area contributed by atoms with Gasteiger partial charge in [0.2, 0.25) is 5.12 Å². The van der Waals surface area contributed by atoms with Crippen LogP contribution in [0.3, 0.4) is 0 Å². The molecule has 86 valence electrons. The standard InChI is InChI=1S/C13H11NO2S/c15-11-7-5-10(6-8-11)13(16)17-12-4-2-1-3-9-14-12/h2-9,15H,1H2. The highest BCUT2D eigenvalue weighted by atomic mass is 32.2. The molecule has 0 unspecified atom stereocenters. The number of phenolic OH excluding ortho intramolecular Hbond substituents is 1. The van der Waals surface area contributed by atoms with Gasteiger partial charge < -0.3 is 5.11 Å². The topological polar surface area (TPSA) is 49.7 Å². The molecule has 1 N–H and O–H groups in total. The summed E-state index contributed by atoms with van der Waals surface area (Å²) in [5, 5.41) is 9.73. The van der Waals surface area contributed by atoms with Crippen molar-refractivity contribution < 1.29 is 9.90 Å². The maximum absolute atomic E-state index is 11.9. The largest absolute Gasteiger partial charge is 0.508 e. The van der Waals surface area contributed by atoms with E-state index >= 15 is 0 Å². The lowest BCUT2D eigenvalue weighted by molar-refractivity contribution is 0.109. The van der Waals surface area contributed by atoms with Gasteiger partial charge in [-0.1, -0.05) is 12.2 Å². The first-order valence-electron chi connectivity index (χ1n) is 5.16. The molecule has 0 bridgehead atoms. The molecule has 1 heterocycles. The summed E-state index contributed by atoms with van der Waals surface area (Å²) in [5.41, 5.74) is 0.553. The van der Waals surface area contributed by atoms with Crippen LogP contribution in [0.4, 0.5) is 0 Å². The van der Waals surface area contributed by atoms with Crippen LogP contribution in [0, 0.1) is 0 Å². The van der Waals surface area contributed by atoms with Crippen LogP contribution in [0.5, 0.6) is 5.75 Å². The van der Waals surface area contributed by atoms with Gasteiger partial charge in [0, 0.05) is 11.8 Å². The maximum Gasteiger partial charge on any atom is 0.225 e. The van der Waals surface area contributed by atoms with E-state index in [2.05, 4.69) is 4.99 Å². The minimum Gasteiger partial charge on any atom is -0.508 e. The molecule has 1 aromatic rings. The second-order valence-electron chi connectivity index (χ2n) is 3.43. The van der Waals surface area contributed by atoms with E-state index in [1.165, 1.54) is 12.1 Å². The fourth-order valence-corrected chi connectivity index (χ4v) is 2.01. The summed E-state index contributed by atoms with van der Waals surface area (Å²) in [6.07, 6.45) is 8.25. The van der Waals surface area contributed by atoms with E-state index in [0.29, 0.717) is 10.6 Å². The van der Waals surface area contributed by atoms with Crippen molar-refractivity contribution in [3.05, 3.63) is 54.3 Å². The first-order valence-corrected chi connectivity index (χ1v) is 5.98. The summed E-state index contributed by atoms with van der Waals surface area (Å²) in [7, 11) is 0. The van der Waals surface area contributed by atoms with Crippen LogP contribution in [0.2, 0.25) is 0 Å². The van der Waals surface area contributed by atoms with Gasteiger partial charge in [-0.25, -0.2) is 4.99 Å². The Morgan fingerprint density at radius 1 is 1.24 bits per heavy atom. The normalized spacial score (nSPS) is 14.2. The lowest BCUT2D eigenvalue weighted by Gasteiger charge is -2.00. The lowest BCUT2D eigenvalue weighted by Crippen LogP contribution is -1.97. The van der Waals surface area contributed by atoms with E-state index in [0.717, 1.165) is 18.2 Å². The van der Waals surface area contributed by atoms with Crippen LogP contribution in [0.15, 0.2) is 53.7 Å². The number of rotatable bonds is 1. The SMILES string of the molecule is O=C(SC1=NC=CCC=C1)c1ccc(O)cc1. The molecule has 0 fully saturated rings. The number of benzene rings is 1. The van der Waals surface area contributed by atoms with Crippen LogP contribution in [-0.2, 0) is 0 Å². The molecular weight excluding hydrogens is 234 g/mol. The Labute approximate surface area is 104 Å². The predicted octanol–water partition coefficient (Wildman–Crippen LogP) is 3.14. The van der Waals surface area contributed by atoms with E-state index in [9.17, 15) is 4.79 Å². The molecule has 17 heavy (non-hydrogen) atoms. The number of phenols is 1. The van der Waals surface area contributed by atoms with E-state index in [1.807, 2.05) is 18.2 Å². The number of nitrogens with zero attached hydrogens (tertiary/aromatic N) is 1. The quantitative estimate of drug-likeness (QED) is 0.827. The fourth-order valence-electron chi connectivity index (χ4n) is 1.29. The molecule has 2 rings (SSSR count). The number of allylic oxidation sites excluding steroid dienone is 2. The lowest BCUT2D eigenvalue weighted by atomic mass is 10.2. The Kier molecular flexibility index (Phi) is 3.77. The monoisotopic (exact) mass is 245 g/mol. The third-order valence-electron chi connectivity index (χ3n) is 2.14. The fraction of sp³-hybridized carbons (Fsp3) is 0.0769. The van der Waals surface area contributed by atoms with E-state index < -0.39 is 0 Å². The number of carbonyl (C=O) groups is 1. The van der Waals surface area contributed by atoms with Crippen molar-refractivity contribution in [3.63, 3.8) is 0 Å². The summed E-state index contributed by atoms with van der Waals surface area (Å²) in [6, 6.07) is 6.19. The highest BCUT2D eigenvalue weighted by Gasteiger charge is 2.09. The third-order valence-corrected chi connectivity index (χ3v) is 3.01. The summed E-state index contributed by atoms with van der Waals surface area (Å²) in [4.78, 5) is 16.0. The number of thioether (sulfide) groups is 1. The predicted molar refractivity (Wildman–Crippen MR) is 70.4 cm³/mol. The number of carbonyl (C=O) groups excluding carboxylic acids is 1. The summed E-state index contributed by atoms with van der Waals surface area (Å²) in [6.45, 7) is 0. The smallest absolute Gasteiger partial charge is 0.225 e. The van der Waals surface area contributed by atoms with Crippen LogP contribution >= 0.6 is 11.8 Å². The first kappa shape index (κ1) is 11.7. The van der Waals surface area contributed by atoms with Crippen molar-refractivity contribution in [2.45, 2.75) is 6.42 Å². The molecule has 0 aromatic heterocycles. The second-order valence-corrected chi connectivity index (χ2v) is 4.42. The van der Waals surface area contributed by atoms with Crippen LogP contribution < -0.4 is 0 Å². The molecule has 0 radical (unpaired) electrons. The van der Waals surface area contributed by atoms with E-state index in [-0.39, 0.29) is 10.9 Å². The van der Waals surface area contributed by atoms with Crippen LogP contribution in [-0.4, -0.2) is 15.3 Å². The number of hydrogen-bond donors (Lipinski definition) is 1. The Morgan fingerprint density at radius 3 is 2.76 bits per heavy atom. The third kappa shape index (κ3) is 3.32. The van der Waals surface area contributed by atoms with Crippen molar-refractivity contribution in [1.29, 1.82) is 0 Å². The molecule has 1 aromatic carbocycles. The van der Waals surface area contributed by atoms with Gasteiger partial charge in [0.1, 0.15) is 10.8 Å². The Morgan fingerprint density at radius 2 is 2.00 bits per heavy atom. The first-order chi connectivity index (χ1) is 8.25. The van der Waals surface area contributed by atoms with Gasteiger partial charge >= 0.3 is 0 Å². The van der Waals surface area contributed by atoms with Crippen molar-refractivity contribution in [3.8, 4) is 5.75 Å². The molecule has 1 aliphatic rings. The van der Waals surface area contributed by atoms with Crippen molar-refractivity contribution in [1.82, 2.24) is 0 Å². The van der Waals surface area contributed by atoms with Crippen molar-refractivity contribution >= 4 is 21.9 Å². The van der Waals surface area contributed by atoms with Crippen molar-refractivity contribution in [2.24, 2.45) is 4.99 Å². The van der Waals surface area contributed by atoms with Gasteiger partial charge in [0.05, 0.1) is 0 Å². The molecule has 0 atom stereocenters. The van der Waals surface area contributed by atoms with Gasteiger partial charge in [-0.2, -0.15) is 0 Å². The summed E-state index contributed by atoms with van der Waals surface area (Å²) >= 11 is 1.08. The molecule has 0 aliphatic carbocycles. The molecule has 0 saturated heterocycles. The Balaban J connectivity index is 2.09. The Bertz CT molecular complexity index is 501. The average Bonchev–Trinajstić information content (AvgIpc) is 2.58. The van der Waals surface area contributed by atoms with E-state index in [4.69, 9.17) is 5.11 Å². The minimum atomic E-state index is -0.0799. The van der Waals surface area contributed by atoms with Crippen LogP contribution in [0.1, 0.15) is 16.8 Å². The molecule has 0 saturated carbocycles. The maximum atomic E-state index is 11.9. The zero-order valence-corrected chi connectivity index (χ0v) is 9.85. The second kappa shape index (κ2) is 5.50. The Hall–Kier alpha value is -1.81. The van der Waals surface area contributed by atoms with Gasteiger partial charge in [-0.15, -0.1) is 0 Å². The van der Waals surface area contributed by atoms with Crippen molar-refractivity contribution in [2.75, 3.05) is 0 Å². The number of aliphatic imine (C=N–C) groups is 1. The minimum absolute atomic E-state index is 0.0799. The number of aromatic hydroxyl groups is 1. The van der Waals surface area contributed by atoms with Crippen LogP contribution in [0.25, 0.3) is 0 Å². The van der Waals surface area contributed by atoms with Gasteiger partial charge in [-0.05, 0) is 48.5 Å². The molecule has 1 aliphatic heterocycles. The summed E-state index contributed by atoms with van der Waals surface area (Å²) in [5.74, 6) is 0.154. The summed E-state index contributed by atoms with van der Waals surface area (Å²) < 4.78 is 0. The zero-order chi connectivity index (χ0) is 12.1. The molecule has 0 spiro atoms. The highest BCUT2D eigenvalue weighted by molar-refractivity contribution is 8.27. The van der Waals surface area contributed by atoms with Gasteiger partial charge in [0.25, 0.3) is 0 Å².